The predicted molar refractivity (Wildman–Crippen MR) is 85.4 cm³/mol. The highest BCUT2D eigenvalue weighted by Gasteiger charge is 2.23. The van der Waals surface area contributed by atoms with Gasteiger partial charge in [-0.2, -0.15) is 0 Å². The van der Waals surface area contributed by atoms with E-state index >= 15 is 0 Å². The highest BCUT2D eigenvalue weighted by atomic mass is 16.5. The fraction of sp³-hybridized carbons (Fsp3) is 0.500. The number of amides is 3. The van der Waals surface area contributed by atoms with Crippen LogP contribution in [0, 0.1) is 0 Å². The van der Waals surface area contributed by atoms with Crippen molar-refractivity contribution in [1.82, 2.24) is 14.8 Å². The molecule has 0 radical (unpaired) electrons. The average molecular weight is 335 g/mol. The van der Waals surface area contributed by atoms with Crippen LogP contribution in [-0.2, 0) is 27.4 Å². The topological polar surface area (TPSA) is 97.7 Å². The first-order valence-electron chi connectivity index (χ1n) is 7.90. The third kappa shape index (κ3) is 5.02. The van der Waals surface area contributed by atoms with Crippen LogP contribution in [0.25, 0.3) is 0 Å². The minimum Gasteiger partial charge on any atom is -0.380 e. The van der Waals surface area contributed by atoms with Gasteiger partial charge >= 0.3 is 6.03 Å². The summed E-state index contributed by atoms with van der Waals surface area (Å²) in [5, 5.41) is 2.24. The van der Waals surface area contributed by atoms with Gasteiger partial charge in [-0.1, -0.05) is 6.07 Å². The van der Waals surface area contributed by atoms with Gasteiger partial charge in [-0.3, -0.25) is 14.9 Å². The van der Waals surface area contributed by atoms with Crippen LogP contribution in [0.2, 0.25) is 0 Å². The molecule has 1 aliphatic heterocycles. The van der Waals surface area contributed by atoms with Gasteiger partial charge in [-0.15, -0.1) is 0 Å². The van der Waals surface area contributed by atoms with Crippen LogP contribution in [0.1, 0.15) is 24.8 Å². The summed E-state index contributed by atoms with van der Waals surface area (Å²) in [6, 6.07) is 2.95. The average Bonchev–Trinajstić information content (AvgIpc) is 2.56. The molecule has 2 rings (SSSR count). The Balaban J connectivity index is 1.90. The molecule has 0 aromatic carbocycles. The molecule has 3 amide bonds. The van der Waals surface area contributed by atoms with E-state index in [1.807, 2.05) is 0 Å². The summed E-state index contributed by atoms with van der Waals surface area (Å²) in [4.78, 5) is 46.9. The van der Waals surface area contributed by atoms with Crippen LogP contribution in [0.15, 0.2) is 23.1 Å². The first kappa shape index (κ1) is 17.9. The van der Waals surface area contributed by atoms with E-state index in [-0.39, 0.29) is 24.4 Å². The fourth-order valence-electron chi connectivity index (χ4n) is 2.37. The van der Waals surface area contributed by atoms with E-state index in [4.69, 9.17) is 4.74 Å². The number of urea groups is 1. The summed E-state index contributed by atoms with van der Waals surface area (Å²) in [7, 11) is 0. The largest absolute Gasteiger partial charge is 0.380 e. The zero-order valence-corrected chi connectivity index (χ0v) is 13.4. The molecule has 1 fully saturated rings. The Labute approximate surface area is 139 Å². The normalized spacial score (nSPS) is 14.6. The van der Waals surface area contributed by atoms with Crippen molar-refractivity contribution in [2.75, 3.05) is 19.8 Å². The van der Waals surface area contributed by atoms with Crippen LogP contribution in [0.5, 0.6) is 0 Å². The second-order valence-electron chi connectivity index (χ2n) is 5.48. The summed E-state index contributed by atoms with van der Waals surface area (Å²) in [6.45, 7) is 1.73. The summed E-state index contributed by atoms with van der Waals surface area (Å²) in [5.41, 5.74) is 0.307. The molecular weight excluding hydrogens is 314 g/mol. The van der Waals surface area contributed by atoms with Crippen molar-refractivity contribution >= 4 is 18.2 Å². The maximum absolute atomic E-state index is 12.4. The highest BCUT2D eigenvalue weighted by Crippen LogP contribution is 2.05. The number of unbranched alkanes of at least 4 members (excludes halogenated alkanes) is 1. The molecule has 0 atom stereocenters. The number of imide groups is 1. The number of aromatic nitrogens is 1. The molecule has 0 spiro atoms. The van der Waals surface area contributed by atoms with Gasteiger partial charge in [0.2, 0.25) is 5.91 Å². The second kappa shape index (κ2) is 8.97. The molecule has 8 heteroatoms. The third-order valence-corrected chi connectivity index (χ3v) is 3.69. The summed E-state index contributed by atoms with van der Waals surface area (Å²) in [5.74, 6) is -0.298. The van der Waals surface area contributed by atoms with E-state index in [9.17, 15) is 19.2 Å². The van der Waals surface area contributed by atoms with Crippen molar-refractivity contribution in [2.24, 2.45) is 0 Å². The number of carbonyl (C=O) groups is 3. The van der Waals surface area contributed by atoms with E-state index in [1.165, 1.54) is 9.47 Å². The molecule has 0 unspecified atom stereocenters. The van der Waals surface area contributed by atoms with Gasteiger partial charge in [0.1, 0.15) is 6.29 Å². The van der Waals surface area contributed by atoms with Crippen LogP contribution in [0.4, 0.5) is 4.79 Å². The number of pyridine rings is 1. The van der Waals surface area contributed by atoms with Crippen LogP contribution in [-0.4, -0.2) is 47.4 Å². The lowest BCUT2D eigenvalue weighted by Gasteiger charge is -2.26. The number of hydrogen-bond acceptors (Lipinski definition) is 5. The Morgan fingerprint density at radius 2 is 2.08 bits per heavy atom. The Kier molecular flexibility index (Phi) is 6.68. The van der Waals surface area contributed by atoms with Gasteiger partial charge in [0, 0.05) is 44.3 Å². The van der Waals surface area contributed by atoms with Crippen LogP contribution >= 0.6 is 0 Å². The van der Waals surface area contributed by atoms with Crippen LogP contribution in [0.3, 0.4) is 0 Å². The number of nitrogens with one attached hydrogen (secondary N) is 1. The number of hydrogen-bond donors (Lipinski definition) is 1. The van der Waals surface area contributed by atoms with Gasteiger partial charge in [0.05, 0.1) is 13.2 Å². The lowest BCUT2D eigenvalue weighted by atomic mass is 10.2. The molecule has 0 saturated carbocycles. The monoisotopic (exact) mass is 335 g/mol. The zero-order valence-electron chi connectivity index (χ0n) is 13.4. The Hall–Kier alpha value is -2.48. The first-order valence-corrected chi connectivity index (χ1v) is 7.90. The lowest BCUT2D eigenvalue weighted by molar-refractivity contribution is -0.121. The van der Waals surface area contributed by atoms with E-state index in [2.05, 4.69) is 5.32 Å². The van der Waals surface area contributed by atoms with Crippen molar-refractivity contribution < 1.29 is 19.1 Å². The van der Waals surface area contributed by atoms with E-state index in [1.54, 1.807) is 18.3 Å². The number of rotatable bonds is 9. The van der Waals surface area contributed by atoms with Crippen LogP contribution < -0.4 is 10.9 Å². The molecule has 130 valence electrons. The minimum absolute atomic E-state index is 0.166. The molecule has 0 aliphatic carbocycles. The van der Waals surface area contributed by atoms with Crippen molar-refractivity contribution in [1.29, 1.82) is 0 Å². The highest BCUT2D eigenvalue weighted by molar-refractivity contribution is 5.96. The number of nitrogens with zero attached hydrogens (tertiary/aromatic N) is 2. The predicted octanol–water partition coefficient (Wildman–Crippen LogP) is 0.286. The Morgan fingerprint density at radius 1 is 1.25 bits per heavy atom. The van der Waals surface area contributed by atoms with Crippen molar-refractivity contribution in [3.8, 4) is 0 Å². The van der Waals surface area contributed by atoms with E-state index in [0.29, 0.717) is 44.7 Å². The molecule has 0 bridgehead atoms. The Morgan fingerprint density at radius 3 is 2.83 bits per heavy atom. The van der Waals surface area contributed by atoms with Crippen molar-refractivity contribution in [3.63, 3.8) is 0 Å². The Bertz CT molecular complexity index is 655. The van der Waals surface area contributed by atoms with Gasteiger partial charge in [0.25, 0.3) is 5.56 Å². The lowest BCUT2D eigenvalue weighted by Crippen LogP contribution is -2.49. The molecule has 1 aromatic heterocycles. The summed E-state index contributed by atoms with van der Waals surface area (Å²) >= 11 is 0. The number of carbonyl (C=O) groups excluding carboxylic acids is 3. The summed E-state index contributed by atoms with van der Waals surface area (Å²) < 4.78 is 6.91. The molecule has 2 heterocycles. The second-order valence-corrected chi connectivity index (χ2v) is 5.48. The van der Waals surface area contributed by atoms with Crippen molar-refractivity contribution in [2.45, 2.75) is 32.4 Å². The quantitative estimate of drug-likeness (QED) is 0.516. The van der Waals surface area contributed by atoms with Gasteiger partial charge < -0.3 is 19.0 Å². The van der Waals surface area contributed by atoms with Gasteiger partial charge in [-0.25, -0.2) is 4.79 Å². The first-order chi connectivity index (χ1) is 11.6. The fourth-order valence-corrected chi connectivity index (χ4v) is 2.37. The SMILES string of the molecule is O=CCCCOCCn1cccc(CN2CCC(=O)NC2=O)c1=O. The molecule has 1 saturated heterocycles. The zero-order chi connectivity index (χ0) is 17.4. The maximum atomic E-state index is 12.4. The van der Waals surface area contributed by atoms with Gasteiger partial charge in [0.15, 0.2) is 0 Å². The van der Waals surface area contributed by atoms with E-state index < -0.39 is 6.03 Å². The third-order valence-electron chi connectivity index (χ3n) is 3.69. The molecule has 8 nitrogen and oxygen atoms in total. The van der Waals surface area contributed by atoms with E-state index in [0.717, 1.165) is 6.29 Å². The maximum Gasteiger partial charge on any atom is 0.324 e. The minimum atomic E-state index is -0.473. The smallest absolute Gasteiger partial charge is 0.324 e. The van der Waals surface area contributed by atoms with Gasteiger partial charge in [-0.05, 0) is 12.5 Å². The number of aldehydes is 1. The van der Waals surface area contributed by atoms with Crippen molar-refractivity contribution in [3.05, 3.63) is 34.2 Å². The molecule has 1 aromatic rings. The molecule has 1 N–H and O–H groups in total. The molecule has 1 aliphatic rings. The molecule has 24 heavy (non-hydrogen) atoms. The standard InChI is InChI=1S/C16H21N3O5/c20-9-1-2-10-24-11-8-18-6-3-4-13(15(18)22)12-19-7-5-14(21)17-16(19)23/h3-4,6,9H,1-2,5,7-8,10-12H2,(H,17,21,23). The summed E-state index contributed by atoms with van der Waals surface area (Å²) in [6.07, 6.45) is 3.89. The number of ether oxygens (including phenoxy) is 1. The molecular formula is C16H21N3O5.